The van der Waals surface area contributed by atoms with Crippen LogP contribution in [0.5, 0.6) is 0 Å². The van der Waals surface area contributed by atoms with Crippen LogP contribution in [0.15, 0.2) is 134 Å². The quantitative estimate of drug-likeness (QED) is 0.0169. The number of aliphatic hydroxyl groups excluding tert-OH is 1. The second-order valence-electron chi connectivity index (χ2n) is 26.6. The molecule has 0 aliphatic rings. The SMILES string of the molecule is CC/C=C\C/C=C\C/C=C\C/C=C\C/C=C\CCCC(=O)OCC(COP(=O)(O)OCC(O)COP(=O)(O)OCC(COC(=O)CCCCCCC/C=C\CCCCCCCC)OC(=O)CCCCCCC/C=C\CCCCCCCC)OC(=O)CCCCCC/C=C\C/C=C\C/C=C\C/C=C\CC. The molecule has 0 heterocycles. The van der Waals surface area contributed by atoms with E-state index in [1.165, 1.54) is 77.0 Å². The number of phosphoric ester groups is 2. The minimum absolute atomic E-state index is 0.0509. The monoisotopic (exact) mass is 1500 g/mol. The van der Waals surface area contributed by atoms with Crippen molar-refractivity contribution < 1.29 is 80.2 Å². The van der Waals surface area contributed by atoms with Crippen molar-refractivity contribution in [3.8, 4) is 0 Å². The number of aliphatic hydroxyl groups is 1. The number of hydrogen-bond acceptors (Lipinski definition) is 15. The van der Waals surface area contributed by atoms with Crippen molar-refractivity contribution in [1.29, 1.82) is 0 Å². The van der Waals surface area contributed by atoms with Gasteiger partial charge in [-0.1, -0.05) is 277 Å². The lowest BCUT2D eigenvalue weighted by atomic mass is 10.1. The van der Waals surface area contributed by atoms with Gasteiger partial charge < -0.3 is 33.8 Å². The summed E-state index contributed by atoms with van der Waals surface area (Å²) in [5, 5.41) is 10.6. The van der Waals surface area contributed by atoms with Crippen LogP contribution in [-0.4, -0.2) is 96.7 Å². The lowest BCUT2D eigenvalue weighted by Gasteiger charge is -2.21. The van der Waals surface area contributed by atoms with Crippen LogP contribution in [0.3, 0.4) is 0 Å². The number of carbonyl (C=O) groups excluding carboxylic acids is 4. The number of rotatable bonds is 75. The minimum Gasteiger partial charge on any atom is -0.462 e. The topological polar surface area (TPSA) is 237 Å². The van der Waals surface area contributed by atoms with Gasteiger partial charge in [0.25, 0.3) is 0 Å². The molecule has 0 spiro atoms. The number of ether oxygens (including phenoxy) is 4. The molecular weight excluding hydrogens is 1350 g/mol. The zero-order valence-electron chi connectivity index (χ0n) is 65.2. The summed E-state index contributed by atoms with van der Waals surface area (Å²) in [5.41, 5.74) is 0. The predicted molar refractivity (Wildman–Crippen MR) is 427 cm³/mol. The number of hydrogen-bond donors (Lipinski definition) is 3. The smallest absolute Gasteiger partial charge is 0.462 e. The van der Waals surface area contributed by atoms with Gasteiger partial charge in [-0.25, -0.2) is 9.13 Å². The number of carbonyl (C=O) groups is 4. The lowest BCUT2D eigenvalue weighted by Crippen LogP contribution is -2.30. The Balaban J connectivity index is 5.45. The molecule has 0 aliphatic heterocycles. The molecule has 0 aromatic rings. The first-order chi connectivity index (χ1) is 50.7. The molecule has 0 amide bonds. The zero-order valence-corrected chi connectivity index (χ0v) is 66.9. The van der Waals surface area contributed by atoms with Gasteiger partial charge in [-0.15, -0.1) is 0 Å². The lowest BCUT2D eigenvalue weighted by molar-refractivity contribution is -0.161. The Kier molecular flexibility index (Phi) is 72.9. The van der Waals surface area contributed by atoms with E-state index in [4.69, 9.17) is 37.0 Å². The molecule has 19 heteroatoms. The van der Waals surface area contributed by atoms with E-state index in [0.29, 0.717) is 32.1 Å². The van der Waals surface area contributed by atoms with Crippen molar-refractivity contribution in [2.24, 2.45) is 0 Å². The fourth-order valence-corrected chi connectivity index (χ4v) is 12.1. The van der Waals surface area contributed by atoms with E-state index in [1.807, 2.05) is 12.2 Å². The molecule has 5 atom stereocenters. The summed E-state index contributed by atoms with van der Waals surface area (Å²) in [6.45, 7) is 4.55. The molecule has 0 aliphatic carbocycles. The van der Waals surface area contributed by atoms with Crippen LogP contribution < -0.4 is 0 Å². The summed E-state index contributed by atoms with van der Waals surface area (Å²) in [4.78, 5) is 73.0. The Hall–Kier alpha value is -4.80. The molecule has 0 fully saturated rings. The molecule has 0 bridgehead atoms. The summed E-state index contributed by atoms with van der Waals surface area (Å²) < 4.78 is 68.6. The first kappa shape index (κ1) is 99.2. The number of unbranched alkanes of at least 4 members (excludes halogenated alkanes) is 27. The highest BCUT2D eigenvalue weighted by Gasteiger charge is 2.30. The normalized spacial score (nSPS) is 14.6. The van der Waals surface area contributed by atoms with E-state index >= 15 is 0 Å². The van der Waals surface area contributed by atoms with Crippen molar-refractivity contribution in [3.05, 3.63) is 134 Å². The largest absolute Gasteiger partial charge is 0.472 e. The minimum atomic E-state index is -5.00. The Labute approximate surface area is 631 Å². The highest BCUT2D eigenvalue weighted by molar-refractivity contribution is 7.47. The summed E-state index contributed by atoms with van der Waals surface area (Å²) in [7, 11) is -9.99. The highest BCUT2D eigenvalue weighted by atomic mass is 31.2. The van der Waals surface area contributed by atoms with Crippen LogP contribution in [0.1, 0.15) is 323 Å². The Morgan fingerprint density at radius 3 is 0.817 bits per heavy atom. The number of phosphoric acid groups is 2. The molecule has 0 saturated carbocycles. The maximum atomic E-state index is 13.1. The Morgan fingerprint density at radius 1 is 0.279 bits per heavy atom. The highest BCUT2D eigenvalue weighted by Crippen LogP contribution is 2.45. The average Bonchev–Trinajstić information content (AvgIpc) is 0.926. The van der Waals surface area contributed by atoms with Crippen molar-refractivity contribution in [1.82, 2.24) is 0 Å². The standard InChI is InChI=1S/C85H144O17P2/c1-5-9-13-17-21-25-29-33-37-39-43-46-50-54-58-62-66-70-83(88)96-76-81(102-85(90)72-68-64-60-56-52-48-44-40-38-34-30-26-22-18-14-10-6-2)78-100-104(93,94)98-74-79(86)73-97-103(91,92)99-77-80(101-84(89)71-67-63-59-55-51-47-42-36-32-28-24-20-16-12-8-4)75-95-82(87)69-65-61-57-53-49-45-41-35-31-27-23-19-15-11-7-3/h9-10,13-14,21-22,25-26,33-38,41-44,46,48,54,58,79-81,86H,5-8,11-12,15-20,23-24,27-32,39-40,45,47,49-53,55-57,59-78H2,1-4H3,(H,91,92)(H,93,94)/b13-9-,14-10-,25-21-,26-22-,37-33-,38-34-,41-35-,42-36-,46-43-,48-44-,58-54-. The molecule has 0 radical (unpaired) electrons. The fourth-order valence-electron chi connectivity index (χ4n) is 10.5. The molecular formula is C85H144O17P2. The van der Waals surface area contributed by atoms with Gasteiger partial charge in [-0.3, -0.25) is 37.3 Å². The van der Waals surface area contributed by atoms with E-state index in [9.17, 15) is 43.2 Å². The molecule has 104 heavy (non-hydrogen) atoms. The zero-order chi connectivity index (χ0) is 76.0. The summed E-state index contributed by atoms with van der Waals surface area (Å²) in [5.74, 6) is -2.28. The van der Waals surface area contributed by atoms with Gasteiger partial charge in [0.05, 0.1) is 26.4 Å². The molecule has 0 aromatic carbocycles. The van der Waals surface area contributed by atoms with E-state index in [1.54, 1.807) is 0 Å². The van der Waals surface area contributed by atoms with Crippen LogP contribution in [0, 0.1) is 0 Å². The molecule has 0 saturated heterocycles. The van der Waals surface area contributed by atoms with Crippen LogP contribution in [0.4, 0.5) is 0 Å². The van der Waals surface area contributed by atoms with Gasteiger partial charge in [-0.05, 0) is 154 Å². The van der Waals surface area contributed by atoms with Crippen LogP contribution in [0.2, 0.25) is 0 Å². The van der Waals surface area contributed by atoms with E-state index in [-0.39, 0.29) is 25.7 Å². The van der Waals surface area contributed by atoms with Gasteiger partial charge in [-0.2, -0.15) is 0 Å². The summed E-state index contributed by atoms with van der Waals surface area (Å²) in [6.07, 6.45) is 85.8. The van der Waals surface area contributed by atoms with Crippen molar-refractivity contribution in [2.75, 3.05) is 39.6 Å². The Bertz CT molecular complexity index is 2490. The predicted octanol–water partition coefficient (Wildman–Crippen LogP) is 23.7. The second-order valence-corrected chi connectivity index (χ2v) is 29.5. The Morgan fingerprint density at radius 2 is 0.510 bits per heavy atom. The van der Waals surface area contributed by atoms with E-state index < -0.39 is 97.5 Å². The van der Waals surface area contributed by atoms with Crippen LogP contribution >= 0.6 is 15.6 Å². The third-order valence-corrected chi connectivity index (χ3v) is 18.5. The van der Waals surface area contributed by atoms with Crippen molar-refractivity contribution >= 4 is 39.5 Å². The second kappa shape index (κ2) is 76.4. The van der Waals surface area contributed by atoms with Gasteiger partial charge >= 0.3 is 39.5 Å². The maximum Gasteiger partial charge on any atom is 0.472 e. The molecule has 17 nitrogen and oxygen atoms in total. The third-order valence-electron chi connectivity index (χ3n) is 16.6. The third kappa shape index (κ3) is 75.4. The summed E-state index contributed by atoms with van der Waals surface area (Å²) in [6, 6.07) is 0. The number of allylic oxidation sites excluding steroid dienone is 22. The van der Waals surface area contributed by atoms with Gasteiger partial charge in [0.15, 0.2) is 12.2 Å². The fraction of sp³-hybridized carbons (Fsp3) is 0.694. The van der Waals surface area contributed by atoms with Crippen molar-refractivity contribution in [2.45, 2.75) is 341 Å². The molecule has 596 valence electrons. The number of esters is 4. The molecule has 5 unspecified atom stereocenters. The van der Waals surface area contributed by atoms with E-state index in [2.05, 4.69) is 149 Å². The van der Waals surface area contributed by atoms with Crippen LogP contribution in [-0.2, 0) is 65.4 Å². The van der Waals surface area contributed by atoms with Gasteiger partial charge in [0, 0.05) is 25.7 Å². The first-order valence-corrected chi connectivity index (χ1v) is 43.4. The average molecular weight is 1500 g/mol. The first-order valence-electron chi connectivity index (χ1n) is 40.4. The van der Waals surface area contributed by atoms with Crippen LogP contribution in [0.25, 0.3) is 0 Å². The summed E-state index contributed by atoms with van der Waals surface area (Å²) >= 11 is 0. The van der Waals surface area contributed by atoms with Crippen molar-refractivity contribution in [3.63, 3.8) is 0 Å². The van der Waals surface area contributed by atoms with Gasteiger partial charge in [0.2, 0.25) is 0 Å². The van der Waals surface area contributed by atoms with Gasteiger partial charge in [0.1, 0.15) is 19.3 Å². The molecule has 3 N–H and O–H groups in total. The maximum absolute atomic E-state index is 13.1. The molecule has 0 rings (SSSR count). The molecule has 0 aromatic heterocycles. The van der Waals surface area contributed by atoms with E-state index in [0.717, 1.165) is 161 Å².